The monoisotopic (exact) mass is 617 g/mol. The van der Waals surface area contributed by atoms with Crippen molar-refractivity contribution in [3.05, 3.63) is 65.2 Å². The summed E-state index contributed by atoms with van der Waals surface area (Å²) in [5.41, 5.74) is 2.42. The molecule has 2 saturated heterocycles. The van der Waals surface area contributed by atoms with E-state index in [1.807, 2.05) is 12.1 Å². The smallest absolute Gasteiger partial charge is 0.255 e. The third-order valence-electron chi connectivity index (χ3n) is 8.89. The van der Waals surface area contributed by atoms with Crippen molar-refractivity contribution in [1.82, 2.24) is 25.8 Å². The third-order valence-corrected chi connectivity index (χ3v) is 8.89. The summed E-state index contributed by atoms with van der Waals surface area (Å²) in [6.07, 6.45) is 5.46. The molecule has 242 valence electrons. The number of fused-ring (bicyclic) bond motifs is 2. The number of nitrogens with one attached hydrogen (secondary N) is 3. The van der Waals surface area contributed by atoms with Crippen LogP contribution in [-0.2, 0) is 27.5 Å². The Morgan fingerprint density at radius 3 is 2.42 bits per heavy atom. The van der Waals surface area contributed by atoms with Gasteiger partial charge >= 0.3 is 0 Å². The standard InChI is InChI=1S/C35H47N5O5/c1-24(2)19-27-23-45-31-11-5-4-9-28(31)33(42)38-29(20-32(41)40-18-8-10-30(40)35(44)37-27)34(43)36-21-25-12-14-26(15-13-25)22-39-16-6-3-7-17-39/h4-5,9,11-15,24,27,29-30H,3,6-8,10,16-23H2,1-2H3,(H,36,43)(H,37,44)(H,38,42)/t27-,29+,30+/m1/s1. The molecule has 0 bridgehead atoms. The van der Waals surface area contributed by atoms with Crippen LogP contribution in [0, 0.1) is 5.92 Å². The van der Waals surface area contributed by atoms with Gasteiger partial charge in [-0.25, -0.2) is 0 Å². The van der Waals surface area contributed by atoms with Crippen LogP contribution in [0.1, 0.15) is 80.3 Å². The predicted octanol–water partition coefficient (Wildman–Crippen LogP) is 3.39. The van der Waals surface area contributed by atoms with E-state index in [9.17, 15) is 19.2 Å². The fourth-order valence-corrected chi connectivity index (χ4v) is 6.53. The van der Waals surface area contributed by atoms with Gasteiger partial charge in [0.2, 0.25) is 17.7 Å². The highest BCUT2D eigenvalue weighted by Crippen LogP contribution is 2.23. The zero-order valence-corrected chi connectivity index (χ0v) is 26.6. The lowest BCUT2D eigenvalue weighted by Crippen LogP contribution is -2.53. The highest BCUT2D eigenvalue weighted by atomic mass is 16.5. The molecule has 3 aliphatic heterocycles. The molecular weight excluding hydrogens is 570 g/mol. The fraction of sp³-hybridized carbons (Fsp3) is 0.543. The molecule has 0 radical (unpaired) electrons. The Morgan fingerprint density at radius 2 is 1.67 bits per heavy atom. The maximum absolute atomic E-state index is 13.6. The van der Waals surface area contributed by atoms with Crippen LogP contribution >= 0.6 is 0 Å². The number of carbonyl (C=O) groups is 4. The van der Waals surface area contributed by atoms with E-state index in [0.29, 0.717) is 37.5 Å². The minimum Gasteiger partial charge on any atom is -0.491 e. The van der Waals surface area contributed by atoms with E-state index in [1.54, 1.807) is 29.2 Å². The molecule has 5 rings (SSSR count). The maximum atomic E-state index is 13.6. The third kappa shape index (κ3) is 8.84. The Hall–Kier alpha value is -3.92. The average Bonchev–Trinajstić information content (AvgIpc) is 3.53. The summed E-state index contributed by atoms with van der Waals surface area (Å²) in [5.74, 6) is -0.856. The molecule has 3 heterocycles. The van der Waals surface area contributed by atoms with Crippen molar-refractivity contribution in [2.75, 3.05) is 26.2 Å². The summed E-state index contributed by atoms with van der Waals surface area (Å²) in [5, 5.41) is 8.81. The number of piperidine rings is 1. The van der Waals surface area contributed by atoms with Crippen LogP contribution in [0.4, 0.5) is 0 Å². The summed E-state index contributed by atoms with van der Waals surface area (Å²) in [4.78, 5) is 58.1. The second-order valence-corrected chi connectivity index (χ2v) is 13.0. The van der Waals surface area contributed by atoms with Crippen LogP contribution in [0.15, 0.2) is 48.5 Å². The van der Waals surface area contributed by atoms with Crippen molar-refractivity contribution in [1.29, 1.82) is 0 Å². The van der Waals surface area contributed by atoms with Crippen molar-refractivity contribution < 1.29 is 23.9 Å². The molecule has 45 heavy (non-hydrogen) atoms. The Balaban J connectivity index is 1.31. The number of likely N-dealkylation sites (tertiary alicyclic amines) is 1. The molecule has 0 saturated carbocycles. The highest BCUT2D eigenvalue weighted by Gasteiger charge is 2.37. The van der Waals surface area contributed by atoms with Gasteiger partial charge in [-0.1, -0.05) is 56.7 Å². The van der Waals surface area contributed by atoms with Gasteiger partial charge in [0, 0.05) is 19.6 Å². The molecule has 0 spiro atoms. The molecule has 0 aliphatic carbocycles. The molecule has 2 aromatic carbocycles. The first-order valence-electron chi connectivity index (χ1n) is 16.5. The van der Waals surface area contributed by atoms with Crippen molar-refractivity contribution in [3.8, 4) is 5.75 Å². The quantitative estimate of drug-likeness (QED) is 0.438. The number of para-hydroxylation sites is 1. The molecule has 10 nitrogen and oxygen atoms in total. The number of nitrogens with zero attached hydrogens (tertiary/aromatic N) is 2. The van der Waals surface area contributed by atoms with Crippen LogP contribution in [0.25, 0.3) is 0 Å². The van der Waals surface area contributed by atoms with Gasteiger partial charge in [-0.05, 0) is 74.4 Å². The number of hydrogen-bond donors (Lipinski definition) is 3. The minimum absolute atomic E-state index is 0.176. The Kier molecular flexibility index (Phi) is 11.1. The molecule has 2 fully saturated rings. The molecule has 3 N–H and O–H groups in total. The van der Waals surface area contributed by atoms with Gasteiger partial charge in [-0.3, -0.25) is 24.1 Å². The zero-order valence-electron chi connectivity index (χ0n) is 26.6. The van der Waals surface area contributed by atoms with Gasteiger partial charge < -0.3 is 25.6 Å². The topological polar surface area (TPSA) is 120 Å². The second-order valence-electron chi connectivity index (χ2n) is 13.0. The number of carbonyl (C=O) groups excluding carboxylic acids is 4. The molecule has 3 atom stereocenters. The van der Waals surface area contributed by atoms with E-state index < -0.39 is 23.9 Å². The van der Waals surface area contributed by atoms with E-state index in [-0.39, 0.29) is 43.0 Å². The van der Waals surface area contributed by atoms with Gasteiger partial charge in [-0.2, -0.15) is 0 Å². The Bertz CT molecular complexity index is 1340. The number of amides is 4. The van der Waals surface area contributed by atoms with Crippen molar-refractivity contribution in [2.24, 2.45) is 5.92 Å². The fourth-order valence-electron chi connectivity index (χ4n) is 6.53. The van der Waals surface area contributed by atoms with Crippen LogP contribution in [0.5, 0.6) is 5.75 Å². The molecule has 2 aromatic rings. The maximum Gasteiger partial charge on any atom is 0.255 e. The van der Waals surface area contributed by atoms with Crippen molar-refractivity contribution in [3.63, 3.8) is 0 Å². The Labute approximate surface area is 266 Å². The van der Waals surface area contributed by atoms with Gasteiger partial charge in [0.25, 0.3) is 5.91 Å². The van der Waals surface area contributed by atoms with E-state index >= 15 is 0 Å². The van der Waals surface area contributed by atoms with Gasteiger partial charge in [0.05, 0.1) is 18.0 Å². The molecule has 0 unspecified atom stereocenters. The molecule has 10 heteroatoms. The summed E-state index contributed by atoms with van der Waals surface area (Å²) in [7, 11) is 0. The SMILES string of the molecule is CC(C)C[C@@H]1COc2ccccc2C(=O)N[C@H](C(=O)NCc2ccc(CN3CCCCC3)cc2)CC(=O)N2CCC[C@H]2C(=O)N1. The van der Waals surface area contributed by atoms with Crippen LogP contribution < -0.4 is 20.7 Å². The summed E-state index contributed by atoms with van der Waals surface area (Å²) >= 11 is 0. The van der Waals surface area contributed by atoms with Gasteiger partial charge in [-0.15, -0.1) is 0 Å². The second kappa shape index (κ2) is 15.4. The zero-order chi connectivity index (χ0) is 31.8. The first-order valence-corrected chi connectivity index (χ1v) is 16.5. The molecule has 4 amide bonds. The first kappa shape index (κ1) is 32.5. The summed E-state index contributed by atoms with van der Waals surface area (Å²) in [6, 6.07) is 13.0. The molecule has 0 aromatic heterocycles. The van der Waals surface area contributed by atoms with Crippen molar-refractivity contribution >= 4 is 23.6 Å². The normalized spacial score (nSPS) is 23.3. The average molecular weight is 618 g/mol. The van der Waals surface area contributed by atoms with Crippen LogP contribution in [0.3, 0.4) is 0 Å². The van der Waals surface area contributed by atoms with E-state index in [4.69, 9.17) is 4.74 Å². The van der Waals surface area contributed by atoms with E-state index in [2.05, 4.69) is 46.8 Å². The number of hydrogen-bond acceptors (Lipinski definition) is 6. The van der Waals surface area contributed by atoms with Gasteiger partial charge in [0.15, 0.2) is 0 Å². The predicted molar refractivity (Wildman–Crippen MR) is 171 cm³/mol. The van der Waals surface area contributed by atoms with E-state index in [1.165, 1.54) is 24.8 Å². The highest BCUT2D eigenvalue weighted by molar-refractivity contribution is 6.01. The lowest BCUT2D eigenvalue weighted by atomic mass is 10.0. The van der Waals surface area contributed by atoms with Crippen LogP contribution in [0.2, 0.25) is 0 Å². The largest absolute Gasteiger partial charge is 0.491 e. The first-order chi connectivity index (χ1) is 21.8. The van der Waals surface area contributed by atoms with Crippen LogP contribution in [-0.4, -0.2) is 77.8 Å². The van der Waals surface area contributed by atoms with Crippen molar-refractivity contribution in [2.45, 2.75) is 90.0 Å². The van der Waals surface area contributed by atoms with Gasteiger partial charge in [0.1, 0.15) is 24.4 Å². The lowest BCUT2D eigenvalue weighted by Gasteiger charge is -2.29. The summed E-state index contributed by atoms with van der Waals surface area (Å²) in [6.45, 7) is 8.18. The minimum atomic E-state index is -1.13. The van der Waals surface area contributed by atoms with E-state index in [0.717, 1.165) is 25.2 Å². The lowest BCUT2D eigenvalue weighted by molar-refractivity contribution is -0.140. The number of ether oxygens (including phenoxy) is 1. The number of benzene rings is 2. The number of rotatable bonds is 7. The molecular formula is C35H47N5O5. The Morgan fingerprint density at radius 1 is 0.933 bits per heavy atom. The summed E-state index contributed by atoms with van der Waals surface area (Å²) < 4.78 is 6.10. The molecule has 3 aliphatic rings.